The van der Waals surface area contributed by atoms with E-state index in [0.717, 1.165) is 21.5 Å². The second-order valence-electron chi connectivity index (χ2n) is 3.73. The summed E-state index contributed by atoms with van der Waals surface area (Å²) in [5.74, 6) is 0. The number of nitrogens with zero attached hydrogens (tertiary/aromatic N) is 1. The van der Waals surface area contributed by atoms with Gasteiger partial charge in [0, 0.05) is 17.6 Å². The minimum atomic E-state index is -0.0193. The van der Waals surface area contributed by atoms with E-state index in [9.17, 15) is 4.79 Å². The van der Waals surface area contributed by atoms with E-state index < -0.39 is 0 Å². The molecule has 0 amide bonds. The lowest BCUT2D eigenvalue weighted by Crippen LogP contribution is -2.18. The standard InChI is InChI=1S/C13H12ClNO/c1-3-6-15-12-7-9(2)11(14)8-10(12)4-5-13(15)16/h3-5,7-8H,1,6H2,2H3. The van der Waals surface area contributed by atoms with Gasteiger partial charge < -0.3 is 4.57 Å². The molecule has 0 aliphatic rings. The van der Waals surface area contributed by atoms with Crippen LogP contribution in [0.1, 0.15) is 5.56 Å². The number of aryl methyl sites for hydroxylation is 1. The highest BCUT2D eigenvalue weighted by Gasteiger charge is 2.04. The quantitative estimate of drug-likeness (QED) is 0.731. The monoisotopic (exact) mass is 233 g/mol. The van der Waals surface area contributed by atoms with E-state index in [0.29, 0.717) is 6.54 Å². The summed E-state index contributed by atoms with van der Waals surface area (Å²) in [6, 6.07) is 7.16. The Bertz CT molecular complexity index is 613. The van der Waals surface area contributed by atoms with Crippen LogP contribution in [0.2, 0.25) is 5.02 Å². The lowest BCUT2D eigenvalue weighted by molar-refractivity contribution is 0.818. The van der Waals surface area contributed by atoms with Crippen LogP contribution in [0.5, 0.6) is 0 Å². The van der Waals surface area contributed by atoms with Crippen LogP contribution in [0.4, 0.5) is 0 Å². The Morgan fingerprint density at radius 1 is 1.44 bits per heavy atom. The molecular weight excluding hydrogens is 222 g/mol. The second kappa shape index (κ2) is 4.14. The van der Waals surface area contributed by atoms with Crippen molar-refractivity contribution < 1.29 is 0 Å². The SMILES string of the molecule is C=CCn1c(=O)ccc2cc(Cl)c(C)cc21. The van der Waals surface area contributed by atoms with Gasteiger partial charge >= 0.3 is 0 Å². The smallest absolute Gasteiger partial charge is 0.251 e. The number of aromatic nitrogens is 1. The summed E-state index contributed by atoms with van der Waals surface area (Å²) in [5, 5.41) is 1.69. The van der Waals surface area contributed by atoms with Crippen molar-refractivity contribution in [3.8, 4) is 0 Å². The van der Waals surface area contributed by atoms with Crippen LogP contribution in [0.25, 0.3) is 10.9 Å². The maximum Gasteiger partial charge on any atom is 0.251 e. The molecule has 3 heteroatoms. The molecule has 1 aromatic carbocycles. The van der Waals surface area contributed by atoms with Crippen molar-refractivity contribution in [1.82, 2.24) is 4.57 Å². The van der Waals surface area contributed by atoms with Gasteiger partial charge in [0.2, 0.25) is 0 Å². The van der Waals surface area contributed by atoms with Crippen molar-refractivity contribution >= 4 is 22.5 Å². The molecule has 0 bridgehead atoms. The van der Waals surface area contributed by atoms with Crippen LogP contribution in [0.3, 0.4) is 0 Å². The van der Waals surface area contributed by atoms with Crippen LogP contribution >= 0.6 is 11.6 Å². The van der Waals surface area contributed by atoms with E-state index >= 15 is 0 Å². The van der Waals surface area contributed by atoms with Crippen molar-refractivity contribution in [2.45, 2.75) is 13.5 Å². The molecule has 0 aliphatic heterocycles. The van der Waals surface area contributed by atoms with E-state index in [4.69, 9.17) is 11.6 Å². The van der Waals surface area contributed by atoms with E-state index in [1.165, 1.54) is 0 Å². The lowest BCUT2D eigenvalue weighted by Gasteiger charge is -2.09. The van der Waals surface area contributed by atoms with Gasteiger partial charge in [-0.1, -0.05) is 17.7 Å². The first-order chi connectivity index (χ1) is 7.63. The highest BCUT2D eigenvalue weighted by Crippen LogP contribution is 2.22. The molecule has 2 rings (SSSR count). The average molecular weight is 234 g/mol. The predicted octanol–water partition coefficient (Wildman–Crippen LogP) is 3.15. The largest absolute Gasteiger partial charge is 0.304 e. The van der Waals surface area contributed by atoms with Gasteiger partial charge in [-0.2, -0.15) is 0 Å². The Labute approximate surface area is 98.8 Å². The zero-order valence-corrected chi connectivity index (χ0v) is 9.79. The third-order valence-corrected chi connectivity index (χ3v) is 2.99. The van der Waals surface area contributed by atoms with Crippen molar-refractivity contribution in [2.75, 3.05) is 0 Å². The summed E-state index contributed by atoms with van der Waals surface area (Å²) < 4.78 is 1.69. The normalized spacial score (nSPS) is 10.6. The van der Waals surface area contributed by atoms with Gasteiger partial charge in [0.05, 0.1) is 5.52 Å². The minimum Gasteiger partial charge on any atom is -0.304 e. The minimum absolute atomic E-state index is 0.0193. The van der Waals surface area contributed by atoms with Crippen molar-refractivity contribution in [3.05, 3.63) is 57.9 Å². The molecule has 1 aromatic heterocycles. The first-order valence-electron chi connectivity index (χ1n) is 5.04. The van der Waals surface area contributed by atoms with E-state index in [1.807, 2.05) is 19.1 Å². The number of halogens is 1. The van der Waals surface area contributed by atoms with Gasteiger partial charge in [0.15, 0.2) is 0 Å². The Morgan fingerprint density at radius 3 is 2.88 bits per heavy atom. The molecule has 0 saturated carbocycles. The molecule has 0 radical (unpaired) electrons. The first-order valence-corrected chi connectivity index (χ1v) is 5.42. The Balaban J connectivity index is 2.86. The fraction of sp³-hybridized carbons (Fsp3) is 0.154. The molecule has 0 unspecified atom stereocenters. The molecule has 82 valence electrons. The third-order valence-electron chi connectivity index (χ3n) is 2.58. The summed E-state index contributed by atoms with van der Waals surface area (Å²) in [7, 11) is 0. The van der Waals surface area contributed by atoms with Crippen LogP contribution in [0.15, 0.2) is 41.7 Å². The van der Waals surface area contributed by atoms with E-state index in [2.05, 4.69) is 6.58 Å². The van der Waals surface area contributed by atoms with Gasteiger partial charge in [-0.25, -0.2) is 0 Å². The number of fused-ring (bicyclic) bond motifs is 1. The molecular formula is C13H12ClNO. The molecule has 0 spiro atoms. The first kappa shape index (κ1) is 11.0. The molecule has 0 N–H and O–H groups in total. The third kappa shape index (κ3) is 1.76. The molecule has 0 atom stereocenters. The van der Waals surface area contributed by atoms with Gasteiger partial charge in [-0.3, -0.25) is 4.79 Å². The van der Waals surface area contributed by atoms with Gasteiger partial charge in [0.25, 0.3) is 5.56 Å². The topological polar surface area (TPSA) is 22.0 Å². The number of hydrogen-bond donors (Lipinski definition) is 0. The maximum absolute atomic E-state index is 11.7. The van der Waals surface area contributed by atoms with Crippen molar-refractivity contribution in [3.63, 3.8) is 0 Å². The van der Waals surface area contributed by atoms with Gasteiger partial charge in [-0.05, 0) is 36.1 Å². The molecule has 2 nitrogen and oxygen atoms in total. The summed E-state index contributed by atoms with van der Waals surface area (Å²) in [6.07, 6.45) is 1.71. The van der Waals surface area contributed by atoms with Crippen LogP contribution in [-0.4, -0.2) is 4.57 Å². The van der Waals surface area contributed by atoms with Gasteiger partial charge in [-0.15, -0.1) is 6.58 Å². The summed E-state index contributed by atoms with van der Waals surface area (Å²) in [4.78, 5) is 11.7. The molecule has 0 fully saturated rings. The number of pyridine rings is 1. The molecule has 16 heavy (non-hydrogen) atoms. The molecule has 0 saturated heterocycles. The predicted molar refractivity (Wildman–Crippen MR) is 68.2 cm³/mol. The van der Waals surface area contributed by atoms with E-state index in [-0.39, 0.29) is 5.56 Å². The van der Waals surface area contributed by atoms with Gasteiger partial charge in [0.1, 0.15) is 0 Å². The molecule has 2 aromatic rings. The fourth-order valence-electron chi connectivity index (χ4n) is 1.74. The molecule has 0 aliphatic carbocycles. The van der Waals surface area contributed by atoms with Crippen molar-refractivity contribution in [2.24, 2.45) is 0 Å². The van der Waals surface area contributed by atoms with E-state index in [1.54, 1.807) is 22.8 Å². The Kier molecular flexibility index (Phi) is 2.84. The average Bonchev–Trinajstić information content (AvgIpc) is 2.25. The number of hydrogen-bond acceptors (Lipinski definition) is 1. The zero-order valence-electron chi connectivity index (χ0n) is 9.03. The highest BCUT2D eigenvalue weighted by atomic mass is 35.5. The Hall–Kier alpha value is -1.54. The van der Waals surface area contributed by atoms with Crippen LogP contribution in [0, 0.1) is 6.92 Å². The Morgan fingerprint density at radius 2 is 2.19 bits per heavy atom. The summed E-state index contributed by atoms with van der Waals surface area (Å²) in [6.45, 7) is 6.10. The highest BCUT2D eigenvalue weighted by molar-refractivity contribution is 6.32. The lowest BCUT2D eigenvalue weighted by atomic mass is 10.1. The number of benzene rings is 1. The van der Waals surface area contributed by atoms with Crippen LogP contribution in [-0.2, 0) is 6.54 Å². The fourth-order valence-corrected chi connectivity index (χ4v) is 1.91. The van der Waals surface area contributed by atoms with Crippen LogP contribution < -0.4 is 5.56 Å². The summed E-state index contributed by atoms with van der Waals surface area (Å²) in [5.41, 5.74) is 1.85. The number of allylic oxidation sites excluding steroid dienone is 1. The molecule has 1 heterocycles. The maximum atomic E-state index is 11.7. The second-order valence-corrected chi connectivity index (χ2v) is 4.14. The van der Waals surface area contributed by atoms with Crippen molar-refractivity contribution in [1.29, 1.82) is 0 Å². The zero-order chi connectivity index (χ0) is 11.7. The summed E-state index contributed by atoms with van der Waals surface area (Å²) >= 11 is 6.05. The number of rotatable bonds is 2.